The highest BCUT2D eigenvalue weighted by Crippen LogP contribution is 2.32. The van der Waals surface area contributed by atoms with Gasteiger partial charge in [0.05, 0.1) is 16.3 Å². The molecule has 130 valence electrons. The number of amides is 1. The van der Waals surface area contributed by atoms with E-state index < -0.39 is 17.6 Å². The second kappa shape index (κ2) is 7.99. The molecule has 0 saturated carbocycles. The van der Waals surface area contributed by atoms with Crippen molar-refractivity contribution in [2.24, 2.45) is 0 Å². The third kappa shape index (κ3) is 5.21. The molecule has 2 aromatic heterocycles. The fourth-order valence-electron chi connectivity index (χ4n) is 1.47. The third-order valence-corrected chi connectivity index (χ3v) is 4.79. The molecule has 2 rings (SSSR count). The normalized spacial score (nSPS) is 11.4. The molecule has 0 aromatic carbocycles. The van der Waals surface area contributed by atoms with Gasteiger partial charge in [-0.25, -0.2) is 4.98 Å². The van der Waals surface area contributed by atoms with Crippen molar-refractivity contribution in [3.05, 3.63) is 22.8 Å². The number of hydrogen-bond acceptors (Lipinski definition) is 7. The number of rotatable bonds is 6. The third-order valence-electron chi connectivity index (χ3n) is 2.49. The number of aromatic nitrogens is 3. The van der Waals surface area contributed by atoms with E-state index in [1.165, 1.54) is 11.3 Å². The van der Waals surface area contributed by atoms with Gasteiger partial charge in [0.15, 0.2) is 10.2 Å². The predicted octanol–water partition coefficient (Wildman–Crippen LogP) is 3.77. The second-order valence-electron chi connectivity index (χ2n) is 4.29. The first-order valence-corrected chi connectivity index (χ1v) is 8.70. The number of halogens is 4. The number of nitrogens with one attached hydrogen (secondary N) is 2. The van der Waals surface area contributed by atoms with Crippen LogP contribution >= 0.6 is 34.7 Å². The second-order valence-corrected chi connectivity index (χ2v) is 6.90. The first-order valence-electron chi connectivity index (χ1n) is 6.52. The van der Waals surface area contributed by atoms with Crippen molar-refractivity contribution >= 4 is 51.6 Å². The number of carbonyl (C=O) groups is 1. The molecule has 2 aromatic rings. The summed E-state index contributed by atoms with van der Waals surface area (Å²) in [5.41, 5.74) is -0.982. The summed E-state index contributed by atoms with van der Waals surface area (Å²) in [6.07, 6.45) is -3.93. The van der Waals surface area contributed by atoms with Gasteiger partial charge < -0.3 is 10.6 Å². The summed E-state index contributed by atoms with van der Waals surface area (Å²) in [6, 6.07) is 0.713. The van der Waals surface area contributed by atoms with E-state index in [4.69, 9.17) is 11.6 Å². The summed E-state index contributed by atoms with van der Waals surface area (Å²) >= 11 is 8.17. The van der Waals surface area contributed by atoms with Crippen LogP contribution in [0.25, 0.3) is 0 Å². The molecule has 0 atom stereocenters. The van der Waals surface area contributed by atoms with E-state index in [9.17, 15) is 18.0 Å². The van der Waals surface area contributed by atoms with Crippen LogP contribution in [0.4, 0.5) is 24.1 Å². The smallest absolute Gasteiger partial charge is 0.360 e. The van der Waals surface area contributed by atoms with Gasteiger partial charge in [-0.3, -0.25) is 4.79 Å². The van der Waals surface area contributed by atoms with Crippen molar-refractivity contribution in [3.8, 4) is 0 Å². The van der Waals surface area contributed by atoms with Crippen LogP contribution in [0.1, 0.15) is 12.5 Å². The Labute approximate surface area is 148 Å². The van der Waals surface area contributed by atoms with Crippen molar-refractivity contribution in [1.29, 1.82) is 0 Å². The zero-order valence-electron chi connectivity index (χ0n) is 12.1. The molecule has 0 spiro atoms. The molecular weight excluding hydrogens is 387 g/mol. The summed E-state index contributed by atoms with van der Waals surface area (Å²) in [5.74, 6) is -0.588. The average Bonchev–Trinajstić information content (AvgIpc) is 2.94. The average molecular weight is 398 g/mol. The van der Waals surface area contributed by atoms with Crippen molar-refractivity contribution in [3.63, 3.8) is 0 Å². The molecule has 24 heavy (non-hydrogen) atoms. The van der Waals surface area contributed by atoms with Crippen LogP contribution in [0.5, 0.6) is 0 Å². The quantitative estimate of drug-likeness (QED) is 0.722. The molecule has 6 nitrogen and oxygen atoms in total. The zero-order chi connectivity index (χ0) is 17.7. The monoisotopic (exact) mass is 397 g/mol. The van der Waals surface area contributed by atoms with Gasteiger partial charge >= 0.3 is 6.18 Å². The molecular formula is C12H11ClF3N5OS2. The number of pyridine rings is 1. The van der Waals surface area contributed by atoms with Crippen LogP contribution in [-0.4, -0.2) is 33.4 Å². The van der Waals surface area contributed by atoms with E-state index in [-0.39, 0.29) is 16.6 Å². The Kier molecular flexibility index (Phi) is 6.24. The number of hydrogen-bond donors (Lipinski definition) is 2. The molecule has 0 fully saturated rings. The summed E-state index contributed by atoms with van der Waals surface area (Å²) in [7, 11) is 0. The molecule has 0 unspecified atom stereocenters. The molecule has 1 amide bonds. The highest BCUT2D eigenvalue weighted by Gasteiger charge is 2.31. The number of anilines is 2. The Bertz CT molecular complexity index is 725. The lowest BCUT2D eigenvalue weighted by Gasteiger charge is -2.09. The number of thioether (sulfide) groups is 1. The summed E-state index contributed by atoms with van der Waals surface area (Å²) < 4.78 is 38.2. The molecule has 2 heterocycles. The SMILES string of the molecule is CCNc1nnc(SCC(=O)Nc2ncc(C(F)(F)F)cc2Cl)s1. The molecule has 2 N–H and O–H groups in total. The molecule has 0 aliphatic carbocycles. The molecule has 0 aliphatic rings. The molecule has 0 aliphatic heterocycles. The first-order chi connectivity index (χ1) is 11.3. The Morgan fingerprint density at radius 3 is 2.79 bits per heavy atom. The Balaban J connectivity index is 1.92. The Morgan fingerprint density at radius 1 is 1.42 bits per heavy atom. The number of alkyl halides is 3. The lowest BCUT2D eigenvalue weighted by atomic mass is 10.3. The van der Waals surface area contributed by atoms with Crippen LogP contribution in [-0.2, 0) is 11.0 Å². The van der Waals surface area contributed by atoms with Crippen molar-refractivity contribution < 1.29 is 18.0 Å². The molecule has 0 bridgehead atoms. The first kappa shape index (κ1) is 18.7. The van der Waals surface area contributed by atoms with E-state index >= 15 is 0 Å². The van der Waals surface area contributed by atoms with Gasteiger partial charge in [0, 0.05) is 12.7 Å². The number of nitrogens with zero attached hydrogens (tertiary/aromatic N) is 3. The van der Waals surface area contributed by atoms with Gasteiger partial charge in [0.2, 0.25) is 11.0 Å². The maximum absolute atomic E-state index is 12.5. The van der Waals surface area contributed by atoms with Crippen LogP contribution in [0.15, 0.2) is 16.6 Å². The minimum absolute atomic E-state index is 0.000209. The highest BCUT2D eigenvalue weighted by molar-refractivity contribution is 8.01. The van der Waals surface area contributed by atoms with E-state index in [2.05, 4.69) is 25.8 Å². The maximum Gasteiger partial charge on any atom is 0.417 e. The summed E-state index contributed by atoms with van der Waals surface area (Å²) in [4.78, 5) is 15.4. The van der Waals surface area contributed by atoms with Crippen LogP contribution in [0.2, 0.25) is 5.02 Å². The van der Waals surface area contributed by atoms with E-state index in [0.717, 1.165) is 11.8 Å². The van der Waals surface area contributed by atoms with Crippen LogP contribution in [0, 0.1) is 0 Å². The largest absolute Gasteiger partial charge is 0.417 e. The van der Waals surface area contributed by atoms with Gasteiger partial charge in [0.1, 0.15) is 0 Å². The standard InChI is InChI=1S/C12H11ClF3N5OS2/c1-2-17-10-20-21-11(24-10)23-5-8(22)19-9-7(13)3-6(4-18-9)12(14,15)16/h3-4H,2,5H2,1H3,(H,17,20)(H,18,19,22). The highest BCUT2D eigenvalue weighted by atomic mass is 35.5. The molecule has 12 heteroatoms. The van der Waals surface area contributed by atoms with Gasteiger partial charge in [0.25, 0.3) is 0 Å². The minimum atomic E-state index is -4.54. The minimum Gasteiger partial charge on any atom is -0.360 e. The van der Waals surface area contributed by atoms with Gasteiger partial charge in [-0.2, -0.15) is 13.2 Å². The van der Waals surface area contributed by atoms with Gasteiger partial charge in [-0.15, -0.1) is 10.2 Å². The Hall–Kier alpha value is -1.59. The van der Waals surface area contributed by atoms with E-state index in [0.29, 0.717) is 28.3 Å². The van der Waals surface area contributed by atoms with Crippen molar-refractivity contribution in [2.45, 2.75) is 17.4 Å². The van der Waals surface area contributed by atoms with Crippen molar-refractivity contribution in [1.82, 2.24) is 15.2 Å². The maximum atomic E-state index is 12.5. The fraction of sp³-hybridized carbons (Fsp3) is 0.333. The van der Waals surface area contributed by atoms with Gasteiger partial charge in [-0.05, 0) is 13.0 Å². The molecule has 0 radical (unpaired) electrons. The van der Waals surface area contributed by atoms with E-state index in [1.54, 1.807) is 0 Å². The van der Waals surface area contributed by atoms with Gasteiger partial charge in [-0.1, -0.05) is 34.7 Å². The van der Waals surface area contributed by atoms with Crippen LogP contribution < -0.4 is 10.6 Å². The lowest BCUT2D eigenvalue weighted by molar-refractivity contribution is -0.137. The van der Waals surface area contributed by atoms with Crippen LogP contribution in [0.3, 0.4) is 0 Å². The zero-order valence-corrected chi connectivity index (χ0v) is 14.5. The van der Waals surface area contributed by atoms with Crippen molar-refractivity contribution in [2.75, 3.05) is 22.9 Å². The lowest BCUT2D eigenvalue weighted by Crippen LogP contribution is -2.16. The number of carbonyl (C=O) groups excluding carboxylic acids is 1. The summed E-state index contributed by atoms with van der Waals surface area (Å²) in [6.45, 7) is 2.63. The fourth-order valence-corrected chi connectivity index (χ4v) is 3.30. The predicted molar refractivity (Wildman–Crippen MR) is 87.7 cm³/mol. The molecule has 0 saturated heterocycles. The topological polar surface area (TPSA) is 79.8 Å². The summed E-state index contributed by atoms with van der Waals surface area (Å²) in [5, 5.41) is 13.5. The Morgan fingerprint density at radius 2 is 2.17 bits per heavy atom. The van der Waals surface area contributed by atoms with E-state index in [1.807, 2.05) is 6.92 Å².